The number of carbonyl (C=O) groups excluding carboxylic acids is 1. The third-order valence-corrected chi connectivity index (χ3v) is 3.55. The highest BCUT2D eigenvalue weighted by atomic mass is 16.4. The van der Waals surface area contributed by atoms with E-state index in [0.717, 1.165) is 16.8 Å². The summed E-state index contributed by atoms with van der Waals surface area (Å²) in [5, 5.41) is 12.0. The first-order chi connectivity index (χ1) is 9.16. The molecule has 0 saturated heterocycles. The number of ketones is 1. The first-order valence-electron chi connectivity index (χ1n) is 6.20. The van der Waals surface area contributed by atoms with E-state index in [1.165, 1.54) is 0 Å². The average Bonchev–Trinajstić information content (AvgIpc) is 2.80. The molecule has 4 nitrogen and oxygen atoms in total. The van der Waals surface area contributed by atoms with Gasteiger partial charge < -0.3 is 10.4 Å². The Morgan fingerprint density at radius 2 is 1.95 bits per heavy atom. The maximum absolute atomic E-state index is 12.0. The van der Waals surface area contributed by atoms with Crippen molar-refractivity contribution in [2.45, 2.75) is 18.8 Å². The van der Waals surface area contributed by atoms with E-state index in [2.05, 4.69) is 5.32 Å². The largest absolute Gasteiger partial charge is 0.477 e. The molecule has 3 rings (SSSR count). The smallest absolute Gasteiger partial charge is 0.351 e. The molecule has 0 aromatic heterocycles. The SMILES string of the molecule is O=C(O)C1=C[C@H](c2ccccc2)C2=C(CCC2=O)N1. The van der Waals surface area contributed by atoms with Gasteiger partial charge >= 0.3 is 5.97 Å². The molecule has 0 saturated carbocycles. The van der Waals surface area contributed by atoms with Crippen LogP contribution in [0.1, 0.15) is 24.3 Å². The molecule has 1 aliphatic carbocycles. The van der Waals surface area contributed by atoms with Crippen LogP contribution < -0.4 is 5.32 Å². The number of hydrogen-bond acceptors (Lipinski definition) is 3. The standard InChI is InChI=1S/C15H13NO3/c17-13-7-6-11-14(13)10(8-12(16-11)15(18)19)9-4-2-1-3-5-9/h1-5,8,10,16H,6-7H2,(H,18,19)/t10-/m1/s1. The van der Waals surface area contributed by atoms with Crippen LogP contribution in [0.25, 0.3) is 0 Å². The number of nitrogens with one attached hydrogen (secondary N) is 1. The van der Waals surface area contributed by atoms with Crippen LogP contribution in [-0.4, -0.2) is 16.9 Å². The van der Waals surface area contributed by atoms with Gasteiger partial charge in [0.05, 0.1) is 0 Å². The summed E-state index contributed by atoms with van der Waals surface area (Å²) in [6.07, 6.45) is 2.68. The third-order valence-electron chi connectivity index (χ3n) is 3.55. The molecule has 2 N–H and O–H groups in total. The zero-order valence-corrected chi connectivity index (χ0v) is 10.2. The Bertz CT molecular complexity index is 614. The molecular weight excluding hydrogens is 242 g/mol. The Balaban J connectivity index is 2.09. The van der Waals surface area contributed by atoms with Crippen LogP contribution in [-0.2, 0) is 9.59 Å². The number of allylic oxidation sites excluding steroid dienone is 3. The van der Waals surface area contributed by atoms with E-state index in [-0.39, 0.29) is 17.4 Å². The first-order valence-corrected chi connectivity index (χ1v) is 6.20. The predicted octanol–water partition coefficient (Wildman–Crippen LogP) is 1.96. The number of benzene rings is 1. The van der Waals surface area contributed by atoms with Gasteiger partial charge in [-0.15, -0.1) is 0 Å². The van der Waals surface area contributed by atoms with Gasteiger partial charge in [0.1, 0.15) is 5.70 Å². The van der Waals surface area contributed by atoms with Crippen molar-refractivity contribution in [3.05, 3.63) is 58.9 Å². The Morgan fingerprint density at radius 3 is 2.63 bits per heavy atom. The quantitative estimate of drug-likeness (QED) is 0.847. The van der Waals surface area contributed by atoms with E-state index in [4.69, 9.17) is 5.11 Å². The van der Waals surface area contributed by atoms with Gasteiger partial charge in [-0.05, 0) is 18.1 Å². The van der Waals surface area contributed by atoms with Crippen LogP contribution in [0.3, 0.4) is 0 Å². The summed E-state index contributed by atoms with van der Waals surface area (Å²) in [6.45, 7) is 0. The maximum atomic E-state index is 12.0. The minimum absolute atomic E-state index is 0.108. The molecule has 0 unspecified atom stereocenters. The molecule has 0 spiro atoms. The Labute approximate surface area is 110 Å². The zero-order chi connectivity index (χ0) is 13.4. The second kappa shape index (κ2) is 4.39. The topological polar surface area (TPSA) is 66.4 Å². The molecule has 1 atom stereocenters. The molecule has 0 bridgehead atoms. The highest BCUT2D eigenvalue weighted by molar-refractivity contribution is 6.02. The molecule has 19 heavy (non-hydrogen) atoms. The monoisotopic (exact) mass is 255 g/mol. The van der Waals surface area contributed by atoms with Gasteiger partial charge in [-0.2, -0.15) is 0 Å². The van der Waals surface area contributed by atoms with E-state index in [0.29, 0.717) is 12.8 Å². The second-order valence-corrected chi connectivity index (χ2v) is 4.71. The van der Waals surface area contributed by atoms with E-state index in [1.54, 1.807) is 6.08 Å². The number of Topliss-reactive ketones (excluding diaryl/α,β-unsaturated/α-hetero) is 1. The molecule has 1 aromatic carbocycles. The van der Waals surface area contributed by atoms with Gasteiger partial charge in [0.25, 0.3) is 0 Å². The molecule has 4 heteroatoms. The van der Waals surface area contributed by atoms with Crippen molar-refractivity contribution in [1.82, 2.24) is 5.32 Å². The number of hydrogen-bond donors (Lipinski definition) is 2. The van der Waals surface area contributed by atoms with Crippen molar-refractivity contribution >= 4 is 11.8 Å². The molecule has 1 aromatic rings. The molecule has 0 fully saturated rings. The van der Waals surface area contributed by atoms with Gasteiger partial charge in [0.2, 0.25) is 0 Å². The zero-order valence-electron chi connectivity index (χ0n) is 10.2. The highest BCUT2D eigenvalue weighted by Gasteiger charge is 2.34. The molecule has 1 heterocycles. The van der Waals surface area contributed by atoms with Crippen LogP contribution in [0.2, 0.25) is 0 Å². The van der Waals surface area contributed by atoms with Gasteiger partial charge in [-0.25, -0.2) is 4.79 Å². The molecule has 0 radical (unpaired) electrons. The number of carboxylic acid groups (broad SMARTS) is 1. The number of dihydropyridines is 1. The van der Waals surface area contributed by atoms with Crippen molar-refractivity contribution in [1.29, 1.82) is 0 Å². The van der Waals surface area contributed by atoms with Crippen molar-refractivity contribution in [2.75, 3.05) is 0 Å². The summed E-state index contributed by atoms with van der Waals surface area (Å²) in [5.41, 5.74) is 2.59. The van der Waals surface area contributed by atoms with E-state index in [9.17, 15) is 9.59 Å². The Kier molecular flexibility index (Phi) is 2.71. The van der Waals surface area contributed by atoms with Crippen LogP contribution in [0.5, 0.6) is 0 Å². The summed E-state index contributed by atoms with van der Waals surface area (Å²) in [4.78, 5) is 23.2. The lowest BCUT2D eigenvalue weighted by Crippen LogP contribution is -2.26. The lowest BCUT2D eigenvalue weighted by atomic mass is 9.87. The van der Waals surface area contributed by atoms with Gasteiger partial charge in [-0.3, -0.25) is 4.79 Å². The van der Waals surface area contributed by atoms with Crippen molar-refractivity contribution < 1.29 is 14.7 Å². The summed E-state index contributed by atoms with van der Waals surface area (Å²) in [5.74, 6) is -1.14. The van der Waals surface area contributed by atoms with Crippen LogP contribution in [0.15, 0.2) is 53.4 Å². The summed E-state index contributed by atoms with van der Waals surface area (Å²) >= 11 is 0. The summed E-state index contributed by atoms with van der Waals surface area (Å²) in [6, 6.07) is 9.53. The maximum Gasteiger partial charge on any atom is 0.351 e. The fourth-order valence-corrected chi connectivity index (χ4v) is 2.67. The number of carbonyl (C=O) groups is 2. The lowest BCUT2D eigenvalue weighted by molar-refractivity contribution is -0.133. The fourth-order valence-electron chi connectivity index (χ4n) is 2.67. The van der Waals surface area contributed by atoms with Gasteiger partial charge in [-0.1, -0.05) is 30.3 Å². The first kappa shape index (κ1) is 11.7. The predicted molar refractivity (Wildman–Crippen MR) is 69.3 cm³/mol. The Hall–Kier alpha value is -2.36. The number of carboxylic acids is 1. The fraction of sp³-hybridized carbons (Fsp3) is 0.200. The summed E-state index contributed by atoms with van der Waals surface area (Å²) in [7, 11) is 0. The lowest BCUT2D eigenvalue weighted by Gasteiger charge is -2.23. The van der Waals surface area contributed by atoms with Gasteiger partial charge in [0, 0.05) is 23.6 Å². The normalized spacial score (nSPS) is 21.8. The average molecular weight is 255 g/mol. The minimum Gasteiger partial charge on any atom is -0.477 e. The second-order valence-electron chi connectivity index (χ2n) is 4.71. The van der Waals surface area contributed by atoms with E-state index in [1.807, 2.05) is 30.3 Å². The molecular formula is C15H13NO3. The van der Waals surface area contributed by atoms with Crippen LogP contribution in [0.4, 0.5) is 0 Å². The van der Waals surface area contributed by atoms with E-state index < -0.39 is 5.97 Å². The Morgan fingerprint density at radius 1 is 1.21 bits per heavy atom. The number of rotatable bonds is 2. The highest BCUT2D eigenvalue weighted by Crippen LogP contribution is 2.38. The number of aliphatic carboxylic acids is 1. The molecule has 1 aliphatic heterocycles. The van der Waals surface area contributed by atoms with Crippen molar-refractivity contribution in [2.24, 2.45) is 0 Å². The molecule has 96 valence electrons. The minimum atomic E-state index is -0.994. The molecule has 0 amide bonds. The van der Waals surface area contributed by atoms with E-state index >= 15 is 0 Å². The van der Waals surface area contributed by atoms with Crippen molar-refractivity contribution in [3.8, 4) is 0 Å². The molecule has 2 aliphatic rings. The summed E-state index contributed by atoms with van der Waals surface area (Å²) < 4.78 is 0. The van der Waals surface area contributed by atoms with Crippen LogP contribution >= 0.6 is 0 Å². The van der Waals surface area contributed by atoms with Crippen molar-refractivity contribution in [3.63, 3.8) is 0 Å². The van der Waals surface area contributed by atoms with Crippen LogP contribution in [0, 0.1) is 0 Å². The third kappa shape index (κ3) is 1.95. The van der Waals surface area contributed by atoms with Gasteiger partial charge in [0.15, 0.2) is 5.78 Å².